The molecule has 0 amide bonds. The zero-order chi connectivity index (χ0) is 14.1. The fraction of sp³-hybridized carbons (Fsp3) is 0.857. The van der Waals surface area contributed by atoms with Crippen molar-refractivity contribution < 1.29 is 19.4 Å². The average Bonchev–Trinajstić information content (AvgIpc) is 2.22. The number of fused-ring (bicyclic) bond motifs is 2. The second kappa shape index (κ2) is 4.78. The minimum absolute atomic E-state index is 0.299. The summed E-state index contributed by atoms with van der Waals surface area (Å²) in [7, 11) is 1.66. The largest absolute Gasteiger partial charge is 0.477 e. The van der Waals surface area contributed by atoms with Crippen LogP contribution in [0.2, 0.25) is 0 Å². The molecule has 0 radical (unpaired) electrons. The van der Waals surface area contributed by atoms with E-state index in [1.807, 2.05) is 13.8 Å². The lowest BCUT2D eigenvalue weighted by Gasteiger charge is -2.53. The van der Waals surface area contributed by atoms with Gasteiger partial charge in [0.1, 0.15) is 11.2 Å². The highest BCUT2D eigenvalue weighted by atomic mass is 16.5. The Morgan fingerprint density at radius 2 is 1.74 bits per heavy atom. The van der Waals surface area contributed by atoms with E-state index in [4.69, 9.17) is 9.47 Å². The first-order valence-electron chi connectivity index (χ1n) is 6.74. The SMILES string of the molecule is CN=COC1(C)CC2CC(O)(CC(C)(OC=O)C2)C1. The van der Waals surface area contributed by atoms with Crippen LogP contribution in [0, 0.1) is 5.92 Å². The van der Waals surface area contributed by atoms with E-state index in [2.05, 4.69) is 4.99 Å². The molecule has 5 nitrogen and oxygen atoms in total. The maximum Gasteiger partial charge on any atom is 0.293 e. The second-order valence-electron chi connectivity index (χ2n) is 6.65. The Morgan fingerprint density at radius 3 is 2.21 bits per heavy atom. The molecule has 2 aliphatic rings. The van der Waals surface area contributed by atoms with Crippen molar-refractivity contribution in [2.45, 2.75) is 62.8 Å². The fourth-order valence-electron chi connectivity index (χ4n) is 4.19. The van der Waals surface area contributed by atoms with E-state index in [-0.39, 0.29) is 5.60 Å². The van der Waals surface area contributed by atoms with Gasteiger partial charge in [-0.1, -0.05) is 0 Å². The lowest BCUT2D eigenvalue weighted by molar-refractivity contribution is -0.188. The van der Waals surface area contributed by atoms with Gasteiger partial charge in [-0.2, -0.15) is 0 Å². The molecule has 2 fully saturated rings. The quantitative estimate of drug-likeness (QED) is 0.479. The highest BCUT2D eigenvalue weighted by molar-refractivity contribution is 5.47. The number of carbonyl (C=O) groups is 1. The first kappa shape index (κ1) is 14.3. The topological polar surface area (TPSA) is 68.1 Å². The lowest BCUT2D eigenvalue weighted by Crippen LogP contribution is -2.57. The zero-order valence-corrected chi connectivity index (χ0v) is 11.9. The predicted molar refractivity (Wildman–Crippen MR) is 71.0 cm³/mol. The monoisotopic (exact) mass is 269 g/mol. The number of nitrogens with zero attached hydrogens (tertiary/aromatic N) is 1. The minimum atomic E-state index is -0.824. The van der Waals surface area contributed by atoms with Crippen LogP contribution in [0.5, 0.6) is 0 Å². The highest BCUT2D eigenvalue weighted by Crippen LogP contribution is 2.52. The van der Waals surface area contributed by atoms with Gasteiger partial charge in [-0.15, -0.1) is 0 Å². The third-order valence-electron chi connectivity index (χ3n) is 4.29. The normalized spacial score (nSPS) is 46.0. The minimum Gasteiger partial charge on any atom is -0.477 e. The van der Waals surface area contributed by atoms with Crippen LogP contribution >= 0.6 is 0 Å². The van der Waals surface area contributed by atoms with Gasteiger partial charge in [-0.3, -0.25) is 9.79 Å². The van der Waals surface area contributed by atoms with Gasteiger partial charge in [0.25, 0.3) is 6.47 Å². The lowest BCUT2D eigenvalue weighted by atomic mass is 9.60. The summed E-state index contributed by atoms with van der Waals surface area (Å²) in [5.74, 6) is 0.299. The van der Waals surface area contributed by atoms with Crippen molar-refractivity contribution in [2.75, 3.05) is 7.05 Å². The number of aliphatic imine (C=N–C) groups is 1. The van der Waals surface area contributed by atoms with Crippen LogP contribution in [0.4, 0.5) is 0 Å². The van der Waals surface area contributed by atoms with Crippen molar-refractivity contribution in [3.05, 3.63) is 0 Å². The number of aliphatic hydroxyl groups is 1. The molecule has 19 heavy (non-hydrogen) atoms. The van der Waals surface area contributed by atoms with Crippen molar-refractivity contribution in [1.29, 1.82) is 0 Å². The van der Waals surface area contributed by atoms with Gasteiger partial charge in [0.15, 0.2) is 6.40 Å². The molecule has 108 valence electrons. The molecule has 0 aromatic carbocycles. The van der Waals surface area contributed by atoms with E-state index in [0.717, 1.165) is 19.3 Å². The zero-order valence-electron chi connectivity index (χ0n) is 11.9. The summed E-state index contributed by atoms with van der Waals surface area (Å²) in [6, 6.07) is 0. The Morgan fingerprint density at radius 1 is 1.16 bits per heavy atom. The highest BCUT2D eigenvalue weighted by Gasteiger charge is 2.54. The van der Waals surface area contributed by atoms with Gasteiger partial charge in [-0.25, -0.2) is 0 Å². The number of ether oxygens (including phenoxy) is 2. The first-order valence-corrected chi connectivity index (χ1v) is 6.74. The molecule has 2 bridgehead atoms. The van der Waals surface area contributed by atoms with Crippen LogP contribution in [0.15, 0.2) is 4.99 Å². The molecule has 4 atom stereocenters. The third-order valence-corrected chi connectivity index (χ3v) is 4.29. The molecular formula is C14H23NO4. The van der Waals surface area contributed by atoms with Crippen molar-refractivity contribution in [3.63, 3.8) is 0 Å². The van der Waals surface area contributed by atoms with Gasteiger partial charge in [0.2, 0.25) is 0 Å². The molecule has 4 unspecified atom stereocenters. The molecule has 0 aromatic heterocycles. The summed E-state index contributed by atoms with van der Waals surface area (Å²) in [6.45, 7) is 4.40. The van der Waals surface area contributed by atoms with Gasteiger partial charge >= 0.3 is 0 Å². The Balaban J connectivity index is 2.15. The number of carbonyl (C=O) groups excluding carboxylic acids is 1. The van der Waals surface area contributed by atoms with Crippen LogP contribution < -0.4 is 0 Å². The van der Waals surface area contributed by atoms with Crippen molar-refractivity contribution in [2.24, 2.45) is 10.9 Å². The Bertz CT molecular complexity index is 386. The third kappa shape index (κ3) is 3.08. The molecule has 2 rings (SSSR count). The van der Waals surface area contributed by atoms with Crippen LogP contribution in [0.3, 0.4) is 0 Å². The Labute approximate surface area is 114 Å². The summed E-state index contributed by atoms with van der Waals surface area (Å²) >= 11 is 0. The van der Waals surface area contributed by atoms with E-state index in [0.29, 0.717) is 25.2 Å². The molecule has 0 aromatic rings. The number of hydrogen-bond donors (Lipinski definition) is 1. The molecule has 0 heterocycles. The van der Waals surface area contributed by atoms with E-state index in [1.165, 1.54) is 6.40 Å². The summed E-state index contributed by atoms with van der Waals surface area (Å²) < 4.78 is 10.9. The maximum atomic E-state index is 10.8. The summed E-state index contributed by atoms with van der Waals surface area (Å²) in [5.41, 5.74) is -1.77. The van der Waals surface area contributed by atoms with Crippen LogP contribution in [0.25, 0.3) is 0 Å². The molecule has 0 spiro atoms. The average molecular weight is 269 g/mol. The summed E-state index contributed by atoms with van der Waals surface area (Å²) in [6.07, 6.45) is 4.84. The fourth-order valence-corrected chi connectivity index (χ4v) is 4.19. The van der Waals surface area contributed by atoms with Gasteiger partial charge in [-0.05, 0) is 39.0 Å². The molecule has 2 aliphatic carbocycles. The first-order chi connectivity index (χ1) is 8.82. The molecule has 1 N–H and O–H groups in total. The molecule has 5 heteroatoms. The molecule has 2 saturated carbocycles. The maximum absolute atomic E-state index is 10.8. The van der Waals surface area contributed by atoms with Crippen LogP contribution in [-0.2, 0) is 14.3 Å². The summed E-state index contributed by atoms with van der Waals surface area (Å²) in [5, 5.41) is 10.8. The van der Waals surface area contributed by atoms with E-state index in [9.17, 15) is 9.90 Å². The summed E-state index contributed by atoms with van der Waals surface area (Å²) in [4.78, 5) is 14.5. The molecular weight excluding hydrogens is 246 g/mol. The van der Waals surface area contributed by atoms with Crippen LogP contribution in [-0.4, -0.2) is 41.8 Å². The van der Waals surface area contributed by atoms with E-state index in [1.54, 1.807) is 7.05 Å². The van der Waals surface area contributed by atoms with Gasteiger partial charge < -0.3 is 14.6 Å². The molecule has 0 saturated heterocycles. The Hall–Kier alpha value is -1.10. The van der Waals surface area contributed by atoms with Crippen molar-refractivity contribution in [3.8, 4) is 0 Å². The van der Waals surface area contributed by atoms with Crippen molar-refractivity contribution in [1.82, 2.24) is 0 Å². The number of hydrogen-bond acceptors (Lipinski definition) is 5. The van der Waals surface area contributed by atoms with Crippen LogP contribution in [0.1, 0.15) is 46.0 Å². The van der Waals surface area contributed by atoms with Crippen molar-refractivity contribution >= 4 is 12.9 Å². The molecule has 0 aliphatic heterocycles. The standard InChI is InChI=1S/C14H23NO4/c1-12(18-9-15-3)4-11-5-13(2,19-10-16)8-14(17,6-11)7-12/h9-11,17H,4-8H2,1-3H3. The van der Waals surface area contributed by atoms with E-state index < -0.39 is 11.2 Å². The smallest absolute Gasteiger partial charge is 0.293 e. The second-order valence-corrected chi connectivity index (χ2v) is 6.65. The van der Waals surface area contributed by atoms with E-state index >= 15 is 0 Å². The van der Waals surface area contributed by atoms with Gasteiger partial charge in [0.05, 0.1) is 5.60 Å². The van der Waals surface area contributed by atoms with Gasteiger partial charge in [0, 0.05) is 19.9 Å². The predicted octanol–water partition coefficient (Wildman–Crippen LogP) is 1.68. The Kier molecular flexibility index (Phi) is 3.60. The number of rotatable bonds is 4.